The van der Waals surface area contributed by atoms with Crippen LogP contribution >= 0.6 is 22.6 Å². The van der Waals surface area contributed by atoms with Crippen LogP contribution in [-0.2, 0) is 30.2 Å². The number of ether oxygens (including phenoxy) is 3. The molecular formula is C23H38IN3O5. The van der Waals surface area contributed by atoms with E-state index >= 15 is 0 Å². The molecule has 1 aromatic rings. The van der Waals surface area contributed by atoms with Gasteiger partial charge in [0.1, 0.15) is 0 Å². The lowest BCUT2D eigenvalue weighted by Gasteiger charge is -2.12. The topological polar surface area (TPSA) is 97.9 Å². The zero-order chi connectivity index (χ0) is 23.3. The highest BCUT2D eigenvalue weighted by atomic mass is 127. The van der Waals surface area contributed by atoms with E-state index in [4.69, 9.17) is 14.2 Å². The molecule has 0 aliphatic carbocycles. The van der Waals surface area contributed by atoms with E-state index in [-0.39, 0.29) is 24.3 Å². The first-order chi connectivity index (χ1) is 15.6. The summed E-state index contributed by atoms with van der Waals surface area (Å²) in [6.45, 7) is 6.82. The van der Waals surface area contributed by atoms with Crippen molar-refractivity contribution in [3.63, 3.8) is 0 Å². The summed E-state index contributed by atoms with van der Waals surface area (Å²) in [6, 6.07) is 9.84. The van der Waals surface area contributed by atoms with Crippen LogP contribution in [0.2, 0.25) is 0 Å². The fourth-order valence-electron chi connectivity index (χ4n) is 2.77. The lowest BCUT2D eigenvalue weighted by Crippen LogP contribution is -2.39. The van der Waals surface area contributed by atoms with Crippen molar-refractivity contribution in [1.82, 2.24) is 16.0 Å². The van der Waals surface area contributed by atoms with Gasteiger partial charge in [-0.15, -0.1) is 0 Å². The lowest BCUT2D eigenvalue weighted by atomic mass is 10.0. The quantitative estimate of drug-likeness (QED) is 0.0971. The SMILES string of the molecule is C[C@@H](Cc1ccccc1)C(=O)NCC(=O)NCCCOCCOCCOCCCNCI. The van der Waals surface area contributed by atoms with E-state index in [1.54, 1.807) is 0 Å². The number of halogens is 1. The Balaban J connectivity index is 1.87. The van der Waals surface area contributed by atoms with Crippen LogP contribution in [0.3, 0.4) is 0 Å². The maximum absolute atomic E-state index is 12.1. The van der Waals surface area contributed by atoms with Gasteiger partial charge in [0.15, 0.2) is 0 Å². The van der Waals surface area contributed by atoms with Crippen molar-refractivity contribution in [1.29, 1.82) is 0 Å². The summed E-state index contributed by atoms with van der Waals surface area (Å²) in [5.74, 6) is -0.500. The highest BCUT2D eigenvalue weighted by Crippen LogP contribution is 2.07. The average molecular weight is 563 g/mol. The summed E-state index contributed by atoms with van der Waals surface area (Å²) in [5.41, 5.74) is 1.11. The van der Waals surface area contributed by atoms with Gasteiger partial charge in [0, 0.05) is 30.2 Å². The van der Waals surface area contributed by atoms with Gasteiger partial charge in [0.25, 0.3) is 0 Å². The Hall–Kier alpha value is -1.27. The number of alkyl halides is 1. The molecule has 0 aromatic heterocycles. The molecule has 0 fully saturated rings. The van der Waals surface area contributed by atoms with Crippen molar-refractivity contribution in [2.24, 2.45) is 5.92 Å². The third-order valence-corrected chi connectivity index (χ3v) is 5.06. The number of nitrogens with one attached hydrogen (secondary N) is 3. The molecule has 0 aliphatic rings. The van der Waals surface area contributed by atoms with Crippen molar-refractivity contribution in [3.05, 3.63) is 35.9 Å². The maximum atomic E-state index is 12.1. The second kappa shape index (κ2) is 20.3. The molecule has 0 radical (unpaired) electrons. The lowest BCUT2D eigenvalue weighted by molar-refractivity contribution is -0.128. The van der Waals surface area contributed by atoms with Crippen molar-refractivity contribution < 1.29 is 23.8 Å². The van der Waals surface area contributed by atoms with Crippen LogP contribution in [0.25, 0.3) is 0 Å². The molecule has 0 bridgehead atoms. The van der Waals surface area contributed by atoms with Gasteiger partial charge in [-0.2, -0.15) is 0 Å². The number of amides is 2. The Morgan fingerprint density at radius 1 is 0.875 bits per heavy atom. The van der Waals surface area contributed by atoms with Crippen LogP contribution < -0.4 is 16.0 Å². The number of hydrogen-bond acceptors (Lipinski definition) is 6. The van der Waals surface area contributed by atoms with Gasteiger partial charge in [-0.1, -0.05) is 59.8 Å². The van der Waals surface area contributed by atoms with E-state index < -0.39 is 0 Å². The number of hydrogen-bond donors (Lipinski definition) is 3. The number of carbonyl (C=O) groups excluding carboxylic acids is 2. The van der Waals surface area contributed by atoms with Crippen LogP contribution in [0.4, 0.5) is 0 Å². The number of rotatable bonds is 20. The molecule has 0 unspecified atom stereocenters. The summed E-state index contributed by atoms with van der Waals surface area (Å²) >= 11 is 2.28. The smallest absolute Gasteiger partial charge is 0.239 e. The van der Waals surface area contributed by atoms with E-state index in [0.717, 1.165) is 29.7 Å². The zero-order valence-electron chi connectivity index (χ0n) is 19.1. The number of benzene rings is 1. The normalized spacial score (nSPS) is 11.8. The molecule has 9 heteroatoms. The highest BCUT2D eigenvalue weighted by molar-refractivity contribution is 14.1. The summed E-state index contributed by atoms with van der Waals surface area (Å²) in [6.07, 6.45) is 2.36. The molecular weight excluding hydrogens is 525 g/mol. The Morgan fingerprint density at radius 3 is 2.09 bits per heavy atom. The molecule has 1 atom stereocenters. The first-order valence-electron chi connectivity index (χ1n) is 11.2. The Kier molecular flexibility index (Phi) is 18.3. The second-order valence-electron chi connectivity index (χ2n) is 7.34. The Bertz CT molecular complexity index is 607. The summed E-state index contributed by atoms with van der Waals surface area (Å²) in [5, 5.41) is 8.71. The average Bonchev–Trinajstić information content (AvgIpc) is 2.80. The Morgan fingerprint density at radius 2 is 1.47 bits per heavy atom. The van der Waals surface area contributed by atoms with Gasteiger partial charge in [-0.25, -0.2) is 0 Å². The predicted octanol–water partition coefficient (Wildman–Crippen LogP) is 1.91. The van der Waals surface area contributed by atoms with Crippen LogP contribution in [-0.4, -0.2) is 75.6 Å². The van der Waals surface area contributed by atoms with Crippen LogP contribution in [0.15, 0.2) is 30.3 Å². The van der Waals surface area contributed by atoms with Crippen molar-refractivity contribution >= 4 is 34.4 Å². The van der Waals surface area contributed by atoms with E-state index in [1.165, 1.54) is 0 Å². The van der Waals surface area contributed by atoms with E-state index in [9.17, 15) is 9.59 Å². The highest BCUT2D eigenvalue weighted by Gasteiger charge is 2.14. The van der Waals surface area contributed by atoms with Crippen molar-refractivity contribution in [3.8, 4) is 0 Å². The predicted molar refractivity (Wildman–Crippen MR) is 134 cm³/mol. The molecule has 0 saturated heterocycles. The van der Waals surface area contributed by atoms with Gasteiger partial charge in [-0.3, -0.25) is 9.59 Å². The fraction of sp³-hybridized carbons (Fsp3) is 0.652. The molecule has 0 aliphatic heterocycles. The molecule has 8 nitrogen and oxygen atoms in total. The monoisotopic (exact) mass is 563 g/mol. The van der Waals surface area contributed by atoms with Crippen molar-refractivity contribution in [2.45, 2.75) is 26.2 Å². The molecule has 1 rings (SSSR count). The third-order valence-electron chi connectivity index (χ3n) is 4.52. The van der Waals surface area contributed by atoms with E-state index in [1.807, 2.05) is 37.3 Å². The van der Waals surface area contributed by atoms with E-state index in [0.29, 0.717) is 52.4 Å². The largest absolute Gasteiger partial charge is 0.379 e. The molecule has 0 heterocycles. The van der Waals surface area contributed by atoms with Crippen LogP contribution in [0.5, 0.6) is 0 Å². The summed E-state index contributed by atoms with van der Waals surface area (Å²) in [7, 11) is 0. The molecule has 0 saturated carbocycles. The molecule has 0 spiro atoms. The first kappa shape index (κ1) is 28.8. The third kappa shape index (κ3) is 16.4. The maximum Gasteiger partial charge on any atom is 0.239 e. The van der Waals surface area contributed by atoms with Crippen LogP contribution in [0.1, 0.15) is 25.3 Å². The minimum absolute atomic E-state index is 0.0104. The van der Waals surface area contributed by atoms with Gasteiger partial charge in [0.05, 0.1) is 33.0 Å². The summed E-state index contributed by atoms with van der Waals surface area (Å²) in [4.78, 5) is 24.0. The number of carbonyl (C=O) groups is 2. The fourth-order valence-corrected chi connectivity index (χ4v) is 3.16. The summed E-state index contributed by atoms with van der Waals surface area (Å²) < 4.78 is 17.3. The molecule has 182 valence electrons. The minimum Gasteiger partial charge on any atom is -0.379 e. The van der Waals surface area contributed by atoms with E-state index in [2.05, 4.69) is 38.5 Å². The van der Waals surface area contributed by atoms with Crippen LogP contribution in [0, 0.1) is 5.92 Å². The molecule has 2 amide bonds. The second-order valence-corrected chi connectivity index (χ2v) is 8.10. The Labute approximate surface area is 205 Å². The van der Waals surface area contributed by atoms with Gasteiger partial charge in [-0.05, 0) is 31.4 Å². The van der Waals surface area contributed by atoms with Gasteiger partial charge >= 0.3 is 0 Å². The standard InChI is InChI=1S/C23H38IN3O5/c1-20(17-21-7-3-2-4-8-21)23(29)27-18-22(28)26-10-6-12-31-14-16-32-15-13-30-11-5-9-25-19-24/h2-4,7-8,20,25H,5-6,9-19H2,1H3,(H,26,28)(H,27,29)/t20-/m0/s1. The first-order valence-corrected chi connectivity index (χ1v) is 12.7. The van der Waals surface area contributed by atoms with Gasteiger partial charge < -0.3 is 30.2 Å². The van der Waals surface area contributed by atoms with Crippen molar-refractivity contribution in [2.75, 3.05) is 63.8 Å². The molecule has 1 aromatic carbocycles. The minimum atomic E-state index is -0.196. The molecule has 32 heavy (non-hydrogen) atoms. The molecule has 3 N–H and O–H groups in total. The van der Waals surface area contributed by atoms with Gasteiger partial charge in [0.2, 0.25) is 11.8 Å². The zero-order valence-corrected chi connectivity index (χ0v) is 21.2.